The Morgan fingerprint density at radius 1 is 1.24 bits per heavy atom. The molecule has 9 heteroatoms. The van der Waals surface area contributed by atoms with Gasteiger partial charge in [-0.3, -0.25) is 24.3 Å². The number of likely N-dealkylation sites (tertiary alicyclic amines) is 1. The van der Waals surface area contributed by atoms with E-state index >= 15 is 0 Å². The Morgan fingerprint density at radius 3 is 2.62 bits per heavy atom. The zero-order valence-electron chi connectivity index (χ0n) is 19.5. The van der Waals surface area contributed by atoms with Gasteiger partial charge in [-0.15, -0.1) is 11.3 Å². The van der Waals surface area contributed by atoms with E-state index in [1.54, 1.807) is 41.6 Å². The van der Waals surface area contributed by atoms with Crippen LogP contribution >= 0.6 is 11.3 Å². The lowest BCUT2D eigenvalue weighted by Crippen LogP contribution is -2.55. The molecule has 2 atom stereocenters. The number of carbonyl (C=O) groups is 4. The largest absolute Gasteiger partial charge is 0.336 e. The first-order chi connectivity index (χ1) is 16.4. The van der Waals surface area contributed by atoms with Crippen LogP contribution in [0.4, 0.5) is 4.79 Å². The normalized spacial score (nSPS) is 22.1. The van der Waals surface area contributed by atoms with Crippen molar-refractivity contribution in [3.63, 3.8) is 0 Å². The van der Waals surface area contributed by atoms with Crippen LogP contribution in [-0.2, 0) is 26.3 Å². The molecule has 4 heterocycles. The minimum absolute atomic E-state index is 0.220. The zero-order chi connectivity index (χ0) is 24.3. The maximum absolute atomic E-state index is 13.8. The molecule has 2 aromatic rings. The van der Waals surface area contributed by atoms with Crippen molar-refractivity contribution in [3.8, 4) is 0 Å². The molecule has 1 N–H and O–H groups in total. The van der Waals surface area contributed by atoms with Crippen molar-refractivity contribution in [2.75, 3.05) is 19.6 Å². The minimum atomic E-state index is -1.23. The van der Waals surface area contributed by atoms with E-state index in [1.165, 1.54) is 4.90 Å². The Morgan fingerprint density at radius 2 is 2.00 bits per heavy atom. The number of imide groups is 1. The SMILES string of the molecule is CC[C@H](C)C(=O)C(=O)N1CCC([C@]2(c3cccnc3)NC(=O)N(CCc3cccs3)C2=O)CC1. The molecule has 8 nitrogen and oxygen atoms in total. The van der Waals surface area contributed by atoms with Crippen LogP contribution in [0.2, 0.25) is 0 Å². The van der Waals surface area contributed by atoms with Crippen molar-refractivity contribution in [2.45, 2.75) is 45.1 Å². The fourth-order valence-corrected chi connectivity index (χ4v) is 5.54. The fourth-order valence-electron chi connectivity index (χ4n) is 4.85. The first-order valence-corrected chi connectivity index (χ1v) is 12.7. The second kappa shape index (κ2) is 10.0. The van der Waals surface area contributed by atoms with E-state index in [1.807, 2.05) is 30.5 Å². The summed E-state index contributed by atoms with van der Waals surface area (Å²) in [6.07, 6.45) is 5.48. The zero-order valence-corrected chi connectivity index (χ0v) is 20.3. The van der Waals surface area contributed by atoms with Crippen LogP contribution in [0.3, 0.4) is 0 Å². The number of nitrogens with zero attached hydrogens (tertiary/aromatic N) is 3. The number of nitrogens with one attached hydrogen (secondary N) is 1. The van der Waals surface area contributed by atoms with Gasteiger partial charge in [0.1, 0.15) is 0 Å². The second-order valence-corrected chi connectivity index (χ2v) is 10.0. The van der Waals surface area contributed by atoms with E-state index in [0.717, 1.165) is 4.88 Å². The van der Waals surface area contributed by atoms with Gasteiger partial charge in [-0.05, 0) is 49.1 Å². The number of aromatic nitrogens is 1. The number of piperidine rings is 1. The fraction of sp³-hybridized carbons (Fsp3) is 0.480. The number of amides is 4. The highest BCUT2D eigenvalue weighted by Gasteiger charge is 2.57. The lowest BCUT2D eigenvalue weighted by molar-refractivity contribution is -0.148. The molecule has 0 radical (unpaired) electrons. The number of hydrogen-bond acceptors (Lipinski definition) is 6. The summed E-state index contributed by atoms with van der Waals surface area (Å²) in [6.45, 7) is 4.69. The molecule has 0 saturated carbocycles. The Balaban J connectivity index is 1.55. The Kier molecular flexibility index (Phi) is 7.11. The third kappa shape index (κ3) is 4.36. The van der Waals surface area contributed by atoms with Gasteiger partial charge in [0.05, 0.1) is 0 Å². The predicted molar refractivity (Wildman–Crippen MR) is 128 cm³/mol. The molecular weight excluding hydrogens is 452 g/mol. The van der Waals surface area contributed by atoms with E-state index in [4.69, 9.17) is 0 Å². The van der Waals surface area contributed by atoms with Crippen LogP contribution in [0, 0.1) is 11.8 Å². The van der Waals surface area contributed by atoms with Crippen molar-refractivity contribution < 1.29 is 19.2 Å². The number of rotatable bonds is 8. The van der Waals surface area contributed by atoms with Gasteiger partial charge in [-0.2, -0.15) is 0 Å². The lowest BCUT2D eigenvalue weighted by Gasteiger charge is -2.41. The summed E-state index contributed by atoms with van der Waals surface area (Å²) >= 11 is 1.60. The highest BCUT2D eigenvalue weighted by Crippen LogP contribution is 2.41. The number of hydrogen-bond donors (Lipinski definition) is 1. The Labute approximate surface area is 203 Å². The van der Waals surface area contributed by atoms with Gasteiger partial charge in [-0.1, -0.05) is 26.0 Å². The van der Waals surface area contributed by atoms with Crippen LogP contribution in [0.25, 0.3) is 0 Å². The van der Waals surface area contributed by atoms with Gasteiger partial charge < -0.3 is 10.2 Å². The smallest absolute Gasteiger partial charge is 0.325 e. The molecule has 4 rings (SSSR count). The maximum Gasteiger partial charge on any atom is 0.325 e. The monoisotopic (exact) mass is 482 g/mol. The molecule has 0 unspecified atom stereocenters. The van der Waals surface area contributed by atoms with Crippen molar-refractivity contribution >= 4 is 35.0 Å². The quantitative estimate of drug-likeness (QED) is 0.461. The standard InChI is InChI=1S/C25H30N4O4S/c1-3-17(2)21(30)22(31)28-12-8-18(9-13-28)25(19-6-4-11-26-16-19)23(32)29(24(33)27-25)14-10-20-7-5-15-34-20/h4-7,11,15-18H,3,8-10,12-14H2,1-2H3,(H,27,33)/t17-,25+/m0/s1. The van der Waals surface area contributed by atoms with Crippen molar-refractivity contribution in [1.29, 1.82) is 0 Å². The third-order valence-electron chi connectivity index (χ3n) is 7.08. The first-order valence-electron chi connectivity index (χ1n) is 11.8. The molecule has 0 spiro atoms. The first kappa shape index (κ1) is 24.1. The van der Waals surface area contributed by atoms with Crippen LogP contribution in [0.15, 0.2) is 42.0 Å². The molecule has 34 heavy (non-hydrogen) atoms. The summed E-state index contributed by atoms with van der Waals surface area (Å²) in [4.78, 5) is 60.1. The topological polar surface area (TPSA) is 99.7 Å². The maximum atomic E-state index is 13.8. The molecule has 2 aliphatic heterocycles. The average molecular weight is 483 g/mol. The van der Waals surface area contributed by atoms with Crippen LogP contribution in [-0.4, -0.2) is 58.0 Å². The van der Waals surface area contributed by atoms with Crippen LogP contribution in [0.5, 0.6) is 0 Å². The van der Waals surface area contributed by atoms with E-state index < -0.39 is 17.5 Å². The Hall–Kier alpha value is -3.07. The summed E-state index contributed by atoms with van der Waals surface area (Å²) in [6, 6.07) is 7.11. The van der Waals surface area contributed by atoms with Crippen molar-refractivity contribution in [3.05, 3.63) is 52.5 Å². The highest BCUT2D eigenvalue weighted by atomic mass is 32.1. The van der Waals surface area contributed by atoms with E-state index in [2.05, 4.69) is 10.3 Å². The summed E-state index contributed by atoms with van der Waals surface area (Å²) in [5, 5.41) is 4.98. The molecular formula is C25H30N4O4S. The second-order valence-electron chi connectivity index (χ2n) is 9.01. The average Bonchev–Trinajstić information content (AvgIpc) is 3.48. The minimum Gasteiger partial charge on any atom is -0.336 e. The molecule has 180 valence electrons. The molecule has 2 aromatic heterocycles. The number of urea groups is 1. The van der Waals surface area contributed by atoms with Gasteiger partial charge >= 0.3 is 6.03 Å². The predicted octanol–water partition coefficient (Wildman–Crippen LogP) is 2.99. The third-order valence-corrected chi connectivity index (χ3v) is 8.01. The Bertz CT molecular complexity index is 1050. The van der Waals surface area contributed by atoms with Gasteiger partial charge in [0.25, 0.3) is 11.8 Å². The van der Waals surface area contributed by atoms with Gasteiger partial charge in [0.15, 0.2) is 5.54 Å². The number of Topliss-reactive ketones (excluding diaryl/α,β-unsaturated/α-hetero) is 1. The molecule has 2 saturated heterocycles. The summed E-state index contributed by atoms with van der Waals surface area (Å²) in [5.41, 5.74) is -0.580. The number of carbonyl (C=O) groups excluding carboxylic acids is 4. The lowest BCUT2D eigenvalue weighted by atomic mass is 9.73. The van der Waals surface area contributed by atoms with Gasteiger partial charge in [-0.25, -0.2) is 4.79 Å². The summed E-state index contributed by atoms with van der Waals surface area (Å²) in [5.74, 6) is -1.62. The van der Waals surface area contributed by atoms with Gasteiger partial charge in [0, 0.05) is 48.4 Å². The highest BCUT2D eigenvalue weighted by molar-refractivity contribution is 7.09. The van der Waals surface area contributed by atoms with Crippen LogP contribution < -0.4 is 5.32 Å². The van der Waals surface area contributed by atoms with E-state index in [9.17, 15) is 19.2 Å². The molecule has 0 aromatic carbocycles. The molecule has 2 fully saturated rings. The molecule has 4 amide bonds. The molecule has 0 aliphatic carbocycles. The van der Waals surface area contributed by atoms with Crippen molar-refractivity contribution in [2.24, 2.45) is 11.8 Å². The van der Waals surface area contributed by atoms with Crippen LogP contribution in [0.1, 0.15) is 43.6 Å². The summed E-state index contributed by atoms with van der Waals surface area (Å²) < 4.78 is 0. The number of ketones is 1. The van der Waals surface area contributed by atoms with E-state index in [0.29, 0.717) is 50.9 Å². The molecule has 2 aliphatic rings. The summed E-state index contributed by atoms with van der Waals surface area (Å²) in [7, 11) is 0. The van der Waals surface area contributed by atoms with Crippen molar-refractivity contribution in [1.82, 2.24) is 20.1 Å². The molecule has 0 bridgehead atoms. The van der Waals surface area contributed by atoms with E-state index in [-0.39, 0.29) is 23.5 Å². The number of pyridine rings is 1. The van der Waals surface area contributed by atoms with Gasteiger partial charge in [0.2, 0.25) is 5.78 Å². The number of thiophene rings is 1.